The number of amides is 1. The second kappa shape index (κ2) is 6.08. The summed E-state index contributed by atoms with van der Waals surface area (Å²) in [6.45, 7) is 6.78. The molecule has 1 saturated heterocycles. The maximum absolute atomic E-state index is 12.6. The molecule has 1 aliphatic carbocycles. The summed E-state index contributed by atoms with van der Waals surface area (Å²) in [7, 11) is 0. The first-order chi connectivity index (χ1) is 11.2. The number of fused-ring (bicyclic) bond motifs is 1. The Labute approximate surface area is 146 Å². The molecule has 1 aliphatic heterocycles. The van der Waals surface area contributed by atoms with Gasteiger partial charge in [0.1, 0.15) is 21.8 Å². The van der Waals surface area contributed by atoms with Crippen LogP contribution in [0.2, 0.25) is 0 Å². The molecular formula is C18H24N2O3S. The van der Waals surface area contributed by atoms with Crippen LogP contribution in [0.5, 0.6) is 0 Å². The van der Waals surface area contributed by atoms with Gasteiger partial charge in [-0.1, -0.05) is 28.7 Å². The van der Waals surface area contributed by atoms with Gasteiger partial charge in [0.05, 0.1) is 0 Å². The molecule has 0 aromatic heterocycles. The maximum Gasteiger partial charge on any atom is 0.407 e. The second-order valence-electron chi connectivity index (χ2n) is 7.69. The molecule has 2 aliphatic rings. The van der Waals surface area contributed by atoms with Crippen LogP contribution in [0, 0.1) is 5.41 Å². The Morgan fingerprint density at radius 1 is 1.29 bits per heavy atom. The van der Waals surface area contributed by atoms with Gasteiger partial charge in [0.15, 0.2) is 0 Å². The molecule has 1 fully saturated rings. The molecule has 5 nitrogen and oxygen atoms in total. The largest absolute Gasteiger partial charge is 0.591 e. The van der Waals surface area contributed by atoms with E-state index >= 15 is 0 Å². The highest BCUT2D eigenvalue weighted by Gasteiger charge is 2.47. The minimum absolute atomic E-state index is 0.184. The van der Waals surface area contributed by atoms with Gasteiger partial charge in [-0.2, -0.15) is 0 Å². The van der Waals surface area contributed by atoms with Crippen LogP contribution in [0.1, 0.15) is 44.7 Å². The van der Waals surface area contributed by atoms with E-state index in [2.05, 4.69) is 10.5 Å². The first-order valence-electron chi connectivity index (χ1n) is 8.30. The maximum atomic E-state index is 12.6. The minimum atomic E-state index is -1.32. The highest BCUT2D eigenvalue weighted by atomic mass is 32.2. The lowest BCUT2D eigenvalue weighted by atomic mass is 9.74. The van der Waals surface area contributed by atoms with Crippen molar-refractivity contribution in [2.45, 2.75) is 44.8 Å². The zero-order valence-electron chi connectivity index (χ0n) is 14.4. The molecule has 1 aromatic rings. The Hall–Kier alpha value is -1.53. The quantitative estimate of drug-likeness (QED) is 0.792. The lowest BCUT2D eigenvalue weighted by molar-refractivity contribution is 0.115. The summed E-state index contributed by atoms with van der Waals surface area (Å²) in [5.74, 6) is 0. The minimum Gasteiger partial charge on any atom is -0.591 e. The van der Waals surface area contributed by atoms with Crippen molar-refractivity contribution in [2.24, 2.45) is 9.81 Å². The third kappa shape index (κ3) is 3.05. The highest BCUT2D eigenvalue weighted by Crippen LogP contribution is 2.45. The normalized spacial score (nSPS) is 22.7. The Morgan fingerprint density at radius 3 is 2.50 bits per heavy atom. The van der Waals surface area contributed by atoms with Crippen molar-refractivity contribution in [3.8, 4) is 0 Å². The van der Waals surface area contributed by atoms with E-state index in [-0.39, 0.29) is 5.41 Å². The summed E-state index contributed by atoms with van der Waals surface area (Å²) < 4.78 is 16.9. The number of carbonyl (C=O) groups is 1. The van der Waals surface area contributed by atoms with E-state index in [0.29, 0.717) is 13.1 Å². The van der Waals surface area contributed by atoms with Crippen LogP contribution < -0.4 is 0 Å². The predicted octanol–water partition coefficient (Wildman–Crippen LogP) is 3.25. The van der Waals surface area contributed by atoms with Crippen LogP contribution in [0.25, 0.3) is 0 Å². The van der Waals surface area contributed by atoms with Gasteiger partial charge in [-0.25, -0.2) is 4.79 Å². The summed E-state index contributed by atoms with van der Waals surface area (Å²) in [6.07, 6.45) is 1.45. The SMILES string of the molecule is CC(C)(C)[S+]([O-])N=C1c2ccccc2CC12CCN(C(=O)O)CC2. The molecule has 1 unspecified atom stereocenters. The van der Waals surface area contributed by atoms with Gasteiger partial charge in [-0.3, -0.25) is 0 Å². The van der Waals surface area contributed by atoms with E-state index in [4.69, 9.17) is 0 Å². The second-order valence-corrected chi connectivity index (χ2v) is 9.59. The molecule has 3 rings (SSSR count). The van der Waals surface area contributed by atoms with Gasteiger partial charge < -0.3 is 14.6 Å². The molecule has 1 spiro atoms. The van der Waals surface area contributed by atoms with E-state index in [1.165, 1.54) is 10.5 Å². The first kappa shape index (κ1) is 17.3. The number of carboxylic acid groups (broad SMARTS) is 1. The van der Waals surface area contributed by atoms with Crippen LogP contribution in [0.15, 0.2) is 28.7 Å². The van der Waals surface area contributed by atoms with Crippen LogP contribution in [-0.2, 0) is 17.8 Å². The molecule has 0 saturated carbocycles. The third-order valence-electron chi connectivity index (χ3n) is 4.99. The standard InChI is InChI=1S/C18H24N2O3S/c1-17(2,3)24(23)19-15-14-7-5-4-6-13(14)12-18(15)8-10-20(11-9-18)16(21)22/h4-7H,8-12H2,1-3H3,(H,21,22). The van der Waals surface area contributed by atoms with Gasteiger partial charge in [0, 0.05) is 24.1 Å². The number of rotatable bonds is 1. The number of benzene rings is 1. The average Bonchev–Trinajstić information content (AvgIpc) is 2.80. The number of hydrogen-bond acceptors (Lipinski definition) is 3. The first-order valence-corrected chi connectivity index (χ1v) is 9.41. The summed E-state index contributed by atoms with van der Waals surface area (Å²) >= 11 is -1.32. The zero-order chi connectivity index (χ0) is 17.5. The molecular weight excluding hydrogens is 324 g/mol. The average molecular weight is 348 g/mol. The molecule has 24 heavy (non-hydrogen) atoms. The molecule has 1 heterocycles. The molecule has 1 amide bonds. The topological polar surface area (TPSA) is 76.0 Å². The van der Waals surface area contributed by atoms with Crippen LogP contribution in [0.4, 0.5) is 4.79 Å². The van der Waals surface area contributed by atoms with Crippen molar-refractivity contribution in [1.29, 1.82) is 0 Å². The van der Waals surface area contributed by atoms with Crippen molar-refractivity contribution >= 4 is 23.2 Å². The molecule has 0 radical (unpaired) electrons. The highest BCUT2D eigenvalue weighted by molar-refractivity contribution is 7.91. The van der Waals surface area contributed by atoms with Gasteiger partial charge in [0.2, 0.25) is 0 Å². The lowest BCUT2D eigenvalue weighted by Crippen LogP contribution is -2.45. The van der Waals surface area contributed by atoms with Crippen molar-refractivity contribution in [3.05, 3.63) is 35.4 Å². The molecule has 1 aromatic carbocycles. The molecule has 6 heteroatoms. The van der Waals surface area contributed by atoms with Crippen molar-refractivity contribution in [3.63, 3.8) is 0 Å². The number of piperidine rings is 1. The Balaban J connectivity index is 1.98. The third-order valence-corrected chi connectivity index (χ3v) is 6.39. The smallest absolute Gasteiger partial charge is 0.407 e. The van der Waals surface area contributed by atoms with E-state index in [1.807, 2.05) is 39.0 Å². The number of hydrogen-bond donors (Lipinski definition) is 1. The number of nitrogens with zero attached hydrogens (tertiary/aromatic N) is 2. The monoisotopic (exact) mass is 348 g/mol. The van der Waals surface area contributed by atoms with E-state index in [9.17, 15) is 14.5 Å². The summed E-state index contributed by atoms with van der Waals surface area (Å²) in [6, 6.07) is 8.15. The Kier molecular flexibility index (Phi) is 4.38. The van der Waals surface area contributed by atoms with Crippen molar-refractivity contribution in [2.75, 3.05) is 13.1 Å². The summed E-state index contributed by atoms with van der Waals surface area (Å²) in [4.78, 5) is 12.7. The van der Waals surface area contributed by atoms with Crippen LogP contribution >= 0.6 is 0 Å². The van der Waals surface area contributed by atoms with Crippen molar-refractivity contribution in [1.82, 2.24) is 4.90 Å². The molecule has 1 atom stereocenters. The Bertz CT molecular complexity index is 673. The Morgan fingerprint density at radius 2 is 1.92 bits per heavy atom. The van der Waals surface area contributed by atoms with E-state index in [1.54, 1.807) is 0 Å². The summed E-state index contributed by atoms with van der Waals surface area (Å²) in [5, 5.41) is 9.21. The molecule has 1 N–H and O–H groups in total. The number of likely N-dealkylation sites (tertiary alicyclic amines) is 1. The van der Waals surface area contributed by atoms with Gasteiger partial charge >= 0.3 is 6.09 Å². The lowest BCUT2D eigenvalue weighted by Gasteiger charge is -2.38. The van der Waals surface area contributed by atoms with Crippen molar-refractivity contribution < 1.29 is 14.5 Å². The van der Waals surface area contributed by atoms with Gasteiger partial charge in [-0.05, 0) is 45.6 Å². The van der Waals surface area contributed by atoms with Crippen LogP contribution in [0.3, 0.4) is 0 Å². The predicted molar refractivity (Wildman–Crippen MR) is 95.8 cm³/mol. The fourth-order valence-corrected chi connectivity index (χ4v) is 4.28. The fourth-order valence-electron chi connectivity index (χ4n) is 3.54. The van der Waals surface area contributed by atoms with Gasteiger partial charge in [-0.15, -0.1) is 0 Å². The zero-order valence-corrected chi connectivity index (χ0v) is 15.2. The molecule has 130 valence electrons. The van der Waals surface area contributed by atoms with Gasteiger partial charge in [0.25, 0.3) is 0 Å². The summed E-state index contributed by atoms with van der Waals surface area (Å²) in [5.41, 5.74) is 3.04. The van der Waals surface area contributed by atoms with E-state index in [0.717, 1.165) is 30.5 Å². The van der Waals surface area contributed by atoms with E-state index < -0.39 is 22.2 Å². The molecule has 0 bridgehead atoms. The van der Waals surface area contributed by atoms with Crippen LogP contribution in [-0.4, -0.2) is 44.2 Å². The fraction of sp³-hybridized carbons (Fsp3) is 0.556.